The Hall–Kier alpha value is -2.48. The molecular formula is C26H27Cl2N5OS. The molecule has 0 saturated carbocycles. The standard InChI is InChI=1S/C26H27Cl2N5OS/c27-21-4-3-5-22(16-21)31-12-14-32(15-13-31)24-17-23(28)29-26(30-24)35-18-19-6-8-20(9-7-19)25(34)33-10-1-2-11-33/h3-9,16-17H,1-2,10-15,18H2. The van der Waals surface area contributed by atoms with Gasteiger partial charge in [-0.2, -0.15) is 0 Å². The third-order valence-electron chi connectivity index (χ3n) is 6.40. The van der Waals surface area contributed by atoms with E-state index in [-0.39, 0.29) is 5.91 Å². The number of hydrogen-bond donors (Lipinski definition) is 0. The van der Waals surface area contributed by atoms with E-state index < -0.39 is 0 Å². The summed E-state index contributed by atoms with van der Waals surface area (Å²) in [5, 5.41) is 1.85. The highest BCUT2D eigenvalue weighted by atomic mass is 35.5. The summed E-state index contributed by atoms with van der Waals surface area (Å²) in [6.45, 7) is 5.17. The first-order chi connectivity index (χ1) is 17.0. The van der Waals surface area contributed by atoms with E-state index in [0.717, 1.165) is 79.8 Å². The van der Waals surface area contributed by atoms with Crippen LogP contribution in [0.5, 0.6) is 0 Å². The van der Waals surface area contributed by atoms with Gasteiger partial charge in [0.1, 0.15) is 11.0 Å². The SMILES string of the molecule is O=C(c1ccc(CSc2nc(Cl)cc(N3CCN(c4cccc(Cl)c4)CC3)n2)cc1)N1CCCC1. The van der Waals surface area contributed by atoms with Crippen molar-refractivity contribution in [3.05, 3.63) is 75.9 Å². The highest BCUT2D eigenvalue weighted by molar-refractivity contribution is 7.98. The average Bonchev–Trinajstić information content (AvgIpc) is 3.42. The molecule has 2 fully saturated rings. The van der Waals surface area contributed by atoms with Crippen molar-refractivity contribution in [2.45, 2.75) is 23.8 Å². The Bertz CT molecular complexity index is 1180. The van der Waals surface area contributed by atoms with Crippen molar-refractivity contribution in [2.24, 2.45) is 0 Å². The summed E-state index contributed by atoms with van der Waals surface area (Å²) in [6.07, 6.45) is 2.19. The number of benzene rings is 2. The van der Waals surface area contributed by atoms with Crippen molar-refractivity contribution in [1.29, 1.82) is 0 Å². The van der Waals surface area contributed by atoms with Crippen LogP contribution in [0.4, 0.5) is 11.5 Å². The molecule has 5 rings (SSSR count). The topological polar surface area (TPSA) is 52.6 Å². The largest absolute Gasteiger partial charge is 0.368 e. The summed E-state index contributed by atoms with van der Waals surface area (Å²) in [5.41, 5.74) is 3.01. The molecule has 1 amide bonds. The molecule has 2 aromatic carbocycles. The number of aromatic nitrogens is 2. The maximum absolute atomic E-state index is 12.6. The quantitative estimate of drug-likeness (QED) is 0.235. The molecule has 3 aromatic rings. The lowest BCUT2D eigenvalue weighted by Crippen LogP contribution is -2.46. The molecule has 182 valence electrons. The Kier molecular flexibility index (Phi) is 7.66. The van der Waals surface area contributed by atoms with Gasteiger partial charge >= 0.3 is 0 Å². The fourth-order valence-electron chi connectivity index (χ4n) is 4.47. The summed E-state index contributed by atoms with van der Waals surface area (Å²) < 4.78 is 0. The molecule has 2 aliphatic rings. The van der Waals surface area contributed by atoms with Crippen molar-refractivity contribution in [2.75, 3.05) is 49.1 Å². The molecule has 1 aromatic heterocycles. The fourth-order valence-corrected chi connectivity index (χ4v) is 5.69. The highest BCUT2D eigenvalue weighted by Crippen LogP contribution is 2.27. The van der Waals surface area contributed by atoms with Gasteiger partial charge in [-0.25, -0.2) is 9.97 Å². The minimum atomic E-state index is 0.125. The number of likely N-dealkylation sites (tertiary alicyclic amines) is 1. The summed E-state index contributed by atoms with van der Waals surface area (Å²) in [5.74, 6) is 1.69. The molecule has 0 radical (unpaired) electrons. The van der Waals surface area contributed by atoms with E-state index in [0.29, 0.717) is 16.1 Å². The maximum Gasteiger partial charge on any atom is 0.253 e. The van der Waals surface area contributed by atoms with Crippen LogP contribution in [0.25, 0.3) is 0 Å². The van der Waals surface area contributed by atoms with Crippen molar-refractivity contribution >= 4 is 52.4 Å². The van der Waals surface area contributed by atoms with Crippen LogP contribution >= 0.6 is 35.0 Å². The van der Waals surface area contributed by atoms with Crippen molar-refractivity contribution < 1.29 is 4.79 Å². The molecule has 0 bridgehead atoms. The highest BCUT2D eigenvalue weighted by Gasteiger charge is 2.21. The van der Waals surface area contributed by atoms with Crippen molar-refractivity contribution in [3.63, 3.8) is 0 Å². The van der Waals surface area contributed by atoms with Crippen LogP contribution in [-0.4, -0.2) is 60.0 Å². The second-order valence-electron chi connectivity index (χ2n) is 8.77. The Morgan fingerprint density at radius 3 is 2.29 bits per heavy atom. The predicted molar refractivity (Wildman–Crippen MR) is 144 cm³/mol. The zero-order valence-corrected chi connectivity index (χ0v) is 21.7. The molecule has 0 atom stereocenters. The zero-order chi connectivity index (χ0) is 24.2. The summed E-state index contributed by atoms with van der Waals surface area (Å²) in [4.78, 5) is 28.3. The zero-order valence-electron chi connectivity index (χ0n) is 19.4. The predicted octanol–water partition coefficient (Wildman–Crippen LogP) is 5.64. The normalized spacial score (nSPS) is 16.1. The van der Waals surface area contributed by atoms with Gasteiger partial charge in [-0.05, 0) is 48.7 Å². The monoisotopic (exact) mass is 527 g/mol. The molecule has 6 nitrogen and oxygen atoms in total. The van der Waals surface area contributed by atoms with Crippen LogP contribution in [0.1, 0.15) is 28.8 Å². The van der Waals surface area contributed by atoms with Crippen LogP contribution in [0.2, 0.25) is 10.2 Å². The number of piperazine rings is 1. The van der Waals surface area contributed by atoms with Gasteiger partial charge in [0.25, 0.3) is 5.91 Å². The average molecular weight is 529 g/mol. The molecule has 0 aliphatic carbocycles. The molecule has 2 aliphatic heterocycles. The van der Waals surface area contributed by atoms with Gasteiger partial charge in [0.05, 0.1) is 0 Å². The van der Waals surface area contributed by atoms with Gasteiger partial charge in [0.15, 0.2) is 5.16 Å². The van der Waals surface area contributed by atoms with Crippen LogP contribution in [0, 0.1) is 0 Å². The van der Waals surface area contributed by atoms with E-state index in [1.807, 2.05) is 53.4 Å². The van der Waals surface area contributed by atoms with E-state index in [1.54, 1.807) is 11.8 Å². The number of anilines is 2. The second-order valence-corrected chi connectivity index (χ2v) is 10.5. The molecular weight excluding hydrogens is 501 g/mol. The van der Waals surface area contributed by atoms with E-state index >= 15 is 0 Å². The smallest absolute Gasteiger partial charge is 0.253 e. The van der Waals surface area contributed by atoms with Gasteiger partial charge in [-0.3, -0.25) is 4.79 Å². The first-order valence-corrected chi connectivity index (χ1v) is 13.6. The second kappa shape index (κ2) is 11.1. The van der Waals surface area contributed by atoms with E-state index in [1.165, 1.54) is 0 Å². The molecule has 9 heteroatoms. The van der Waals surface area contributed by atoms with Crippen LogP contribution in [0.15, 0.2) is 59.8 Å². The minimum absolute atomic E-state index is 0.125. The number of thioether (sulfide) groups is 1. The van der Waals surface area contributed by atoms with Gasteiger partial charge < -0.3 is 14.7 Å². The van der Waals surface area contributed by atoms with Crippen molar-refractivity contribution in [3.8, 4) is 0 Å². The van der Waals surface area contributed by atoms with Gasteiger partial charge in [-0.15, -0.1) is 0 Å². The number of carbonyl (C=O) groups is 1. The lowest BCUT2D eigenvalue weighted by atomic mass is 10.1. The number of carbonyl (C=O) groups excluding carboxylic acids is 1. The number of hydrogen-bond acceptors (Lipinski definition) is 6. The summed E-state index contributed by atoms with van der Waals surface area (Å²) >= 11 is 14.1. The molecule has 0 spiro atoms. The molecule has 35 heavy (non-hydrogen) atoms. The number of amides is 1. The van der Waals surface area contributed by atoms with Crippen LogP contribution in [-0.2, 0) is 5.75 Å². The van der Waals surface area contributed by atoms with Gasteiger partial charge in [0.2, 0.25) is 0 Å². The number of rotatable bonds is 6. The Balaban J connectivity index is 1.19. The first-order valence-electron chi connectivity index (χ1n) is 11.9. The first kappa shape index (κ1) is 24.2. The van der Waals surface area contributed by atoms with Crippen molar-refractivity contribution in [1.82, 2.24) is 14.9 Å². The number of nitrogens with zero attached hydrogens (tertiary/aromatic N) is 5. The third kappa shape index (κ3) is 6.02. The molecule has 0 unspecified atom stereocenters. The Morgan fingerprint density at radius 2 is 1.57 bits per heavy atom. The lowest BCUT2D eigenvalue weighted by Gasteiger charge is -2.36. The van der Waals surface area contributed by atoms with Gasteiger partial charge in [0, 0.05) is 67.4 Å². The maximum atomic E-state index is 12.6. The van der Waals surface area contributed by atoms with Crippen LogP contribution < -0.4 is 9.80 Å². The third-order valence-corrected chi connectivity index (χ3v) is 7.75. The summed E-state index contributed by atoms with van der Waals surface area (Å²) in [7, 11) is 0. The van der Waals surface area contributed by atoms with E-state index in [2.05, 4.69) is 20.9 Å². The van der Waals surface area contributed by atoms with Gasteiger partial charge in [-0.1, -0.05) is 53.2 Å². The van der Waals surface area contributed by atoms with E-state index in [4.69, 9.17) is 28.2 Å². The Labute approximate surface area is 220 Å². The fraction of sp³-hybridized carbons (Fsp3) is 0.346. The minimum Gasteiger partial charge on any atom is -0.368 e. The molecule has 0 N–H and O–H groups in total. The summed E-state index contributed by atoms with van der Waals surface area (Å²) in [6, 6.07) is 17.7. The molecule has 2 saturated heterocycles. The van der Waals surface area contributed by atoms with E-state index in [9.17, 15) is 4.79 Å². The van der Waals surface area contributed by atoms with Crippen LogP contribution in [0.3, 0.4) is 0 Å². The number of halogens is 2. The Morgan fingerprint density at radius 1 is 0.857 bits per heavy atom. The lowest BCUT2D eigenvalue weighted by molar-refractivity contribution is 0.0793. The molecule has 3 heterocycles.